The first-order valence-electron chi connectivity index (χ1n) is 9.64. The molecule has 0 aromatic heterocycles. The van der Waals surface area contributed by atoms with Crippen LogP contribution in [0.5, 0.6) is 0 Å². The van der Waals surface area contributed by atoms with Crippen molar-refractivity contribution in [1.82, 2.24) is 16.0 Å². The normalized spacial score (nSPS) is 13.8. The maximum Gasteiger partial charge on any atom is 0.326 e. The Hall–Kier alpha value is -2.59. The van der Waals surface area contributed by atoms with Crippen molar-refractivity contribution >= 4 is 36.3 Å². The van der Waals surface area contributed by atoms with Crippen molar-refractivity contribution < 1.29 is 24.3 Å². The Labute approximate surface area is 181 Å². The number of aliphatic carboxylic acids is 1. The zero-order valence-corrected chi connectivity index (χ0v) is 18.0. The van der Waals surface area contributed by atoms with E-state index in [4.69, 9.17) is 5.73 Å². The van der Waals surface area contributed by atoms with Crippen LogP contribution >= 0.6 is 12.6 Å². The van der Waals surface area contributed by atoms with Gasteiger partial charge in [0, 0.05) is 5.75 Å². The third-order valence-electron chi connectivity index (χ3n) is 4.21. The van der Waals surface area contributed by atoms with Gasteiger partial charge >= 0.3 is 5.97 Å². The van der Waals surface area contributed by atoms with E-state index in [2.05, 4.69) is 28.6 Å². The van der Waals surface area contributed by atoms with Gasteiger partial charge in [0.25, 0.3) is 0 Å². The van der Waals surface area contributed by atoms with Crippen molar-refractivity contribution in [2.75, 3.05) is 12.3 Å². The summed E-state index contributed by atoms with van der Waals surface area (Å²) < 4.78 is 0. The summed E-state index contributed by atoms with van der Waals surface area (Å²) in [5.74, 6) is -2.89. The van der Waals surface area contributed by atoms with E-state index in [0.717, 1.165) is 5.56 Å². The summed E-state index contributed by atoms with van der Waals surface area (Å²) in [6.07, 6.45) is 0.575. The Bertz CT molecular complexity index is 729. The Balaban J connectivity index is 2.51. The number of rotatable bonds is 12. The Morgan fingerprint density at radius 1 is 1.03 bits per heavy atom. The second-order valence-corrected chi connectivity index (χ2v) is 7.71. The molecule has 0 aliphatic carbocycles. The third kappa shape index (κ3) is 9.27. The molecule has 0 heterocycles. The van der Waals surface area contributed by atoms with Crippen molar-refractivity contribution in [3.05, 3.63) is 35.9 Å². The molecule has 166 valence electrons. The van der Waals surface area contributed by atoms with Gasteiger partial charge in [-0.2, -0.15) is 12.6 Å². The summed E-state index contributed by atoms with van der Waals surface area (Å²) in [6.45, 7) is 3.31. The summed E-state index contributed by atoms with van der Waals surface area (Å²) in [4.78, 5) is 47.8. The molecule has 30 heavy (non-hydrogen) atoms. The molecule has 1 aromatic rings. The van der Waals surface area contributed by atoms with Crippen LogP contribution in [0.3, 0.4) is 0 Å². The molecule has 0 fully saturated rings. The number of nitrogens with one attached hydrogen (secondary N) is 3. The lowest BCUT2D eigenvalue weighted by atomic mass is 10.0. The number of carboxylic acids is 1. The van der Waals surface area contributed by atoms with Crippen LogP contribution in [0.25, 0.3) is 0 Å². The van der Waals surface area contributed by atoms with Crippen LogP contribution in [0.1, 0.15) is 25.8 Å². The molecular formula is C20H30N4O5S. The number of hydrogen-bond donors (Lipinski definition) is 6. The van der Waals surface area contributed by atoms with Crippen LogP contribution in [0.4, 0.5) is 0 Å². The molecule has 3 amide bonds. The van der Waals surface area contributed by atoms with Crippen LogP contribution in [-0.4, -0.2) is 59.2 Å². The highest BCUT2D eigenvalue weighted by Crippen LogP contribution is 2.06. The monoisotopic (exact) mass is 438 g/mol. The van der Waals surface area contributed by atoms with Gasteiger partial charge in [-0.1, -0.05) is 44.2 Å². The van der Waals surface area contributed by atoms with Crippen LogP contribution < -0.4 is 21.7 Å². The highest BCUT2D eigenvalue weighted by molar-refractivity contribution is 7.80. The maximum absolute atomic E-state index is 12.3. The zero-order chi connectivity index (χ0) is 22.7. The van der Waals surface area contributed by atoms with Gasteiger partial charge in [-0.15, -0.1) is 0 Å². The number of nitrogens with two attached hydrogens (primary N) is 1. The van der Waals surface area contributed by atoms with E-state index < -0.39 is 41.8 Å². The minimum atomic E-state index is -1.15. The standard InChI is InChI=1S/C20H30N4O5S/c1-12(2)8-15(20(28)29)24-19(27)16(11-30)23-17(25)10-22-18(26)14(21)9-13-6-4-3-5-7-13/h3-7,12,14-16,30H,8-11,21H2,1-2H3,(H,22,26)(H,23,25)(H,24,27)(H,28,29). The van der Waals surface area contributed by atoms with Crippen LogP contribution in [0.2, 0.25) is 0 Å². The minimum absolute atomic E-state index is 0.0347. The molecule has 1 rings (SSSR count). The lowest BCUT2D eigenvalue weighted by Gasteiger charge is -2.21. The van der Waals surface area contributed by atoms with Crippen molar-refractivity contribution in [3.8, 4) is 0 Å². The Kier molecular flexibility index (Phi) is 10.9. The first-order valence-corrected chi connectivity index (χ1v) is 10.3. The molecule has 1 aromatic carbocycles. The average molecular weight is 439 g/mol. The van der Waals surface area contributed by atoms with E-state index in [0.29, 0.717) is 6.42 Å². The van der Waals surface area contributed by atoms with Crippen molar-refractivity contribution in [2.24, 2.45) is 11.7 Å². The van der Waals surface area contributed by atoms with E-state index in [9.17, 15) is 24.3 Å². The van der Waals surface area contributed by atoms with E-state index >= 15 is 0 Å². The van der Waals surface area contributed by atoms with E-state index in [1.807, 2.05) is 44.2 Å². The number of carbonyl (C=O) groups is 4. The molecule has 3 atom stereocenters. The van der Waals surface area contributed by atoms with Gasteiger partial charge < -0.3 is 26.8 Å². The molecule has 0 radical (unpaired) electrons. The Morgan fingerprint density at radius 2 is 1.67 bits per heavy atom. The van der Waals surface area contributed by atoms with Crippen LogP contribution in [0, 0.1) is 5.92 Å². The lowest BCUT2D eigenvalue weighted by Crippen LogP contribution is -2.54. The third-order valence-corrected chi connectivity index (χ3v) is 4.58. The molecule has 0 saturated carbocycles. The van der Waals surface area contributed by atoms with Gasteiger partial charge in [-0.05, 0) is 24.3 Å². The number of thiol groups is 1. The fourth-order valence-electron chi connectivity index (χ4n) is 2.66. The summed E-state index contributed by atoms with van der Waals surface area (Å²) in [7, 11) is 0. The van der Waals surface area contributed by atoms with Crippen LogP contribution in [-0.2, 0) is 25.6 Å². The highest BCUT2D eigenvalue weighted by Gasteiger charge is 2.26. The number of hydrogen-bond acceptors (Lipinski definition) is 6. The van der Waals surface area contributed by atoms with Crippen molar-refractivity contribution in [3.63, 3.8) is 0 Å². The largest absolute Gasteiger partial charge is 0.480 e. The first-order chi connectivity index (χ1) is 14.1. The molecular weight excluding hydrogens is 408 g/mol. The second kappa shape index (κ2) is 12.9. The lowest BCUT2D eigenvalue weighted by molar-refractivity contribution is -0.142. The molecule has 10 heteroatoms. The molecule has 0 saturated heterocycles. The van der Waals surface area contributed by atoms with Crippen molar-refractivity contribution in [2.45, 2.75) is 44.8 Å². The van der Waals surface area contributed by atoms with Crippen molar-refractivity contribution in [1.29, 1.82) is 0 Å². The second-order valence-electron chi connectivity index (χ2n) is 7.35. The quantitative estimate of drug-likeness (QED) is 0.247. The Morgan fingerprint density at radius 3 is 2.20 bits per heavy atom. The van der Waals surface area contributed by atoms with Gasteiger partial charge in [0.15, 0.2) is 0 Å². The molecule has 3 unspecified atom stereocenters. The fourth-order valence-corrected chi connectivity index (χ4v) is 2.92. The average Bonchev–Trinajstić information content (AvgIpc) is 2.69. The minimum Gasteiger partial charge on any atom is -0.480 e. The number of benzene rings is 1. The molecule has 0 spiro atoms. The molecule has 0 bridgehead atoms. The SMILES string of the molecule is CC(C)CC(NC(=O)C(CS)NC(=O)CNC(=O)C(N)Cc1ccccc1)C(=O)O. The smallest absolute Gasteiger partial charge is 0.326 e. The number of carbonyl (C=O) groups excluding carboxylic acids is 3. The number of amides is 3. The molecule has 9 nitrogen and oxygen atoms in total. The topological polar surface area (TPSA) is 151 Å². The van der Waals surface area contributed by atoms with Gasteiger partial charge in [0.2, 0.25) is 17.7 Å². The highest BCUT2D eigenvalue weighted by atomic mass is 32.1. The predicted octanol–water partition coefficient (Wildman–Crippen LogP) is -0.297. The molecule has 6 N–H and O–H groups in total. The van der Waals surface area contributed by atoms with Crippen LogP contribution in [0.15, 0.2) is 30.3 Å². The summed E-state index contributed by atoms with van der Waals surface area (Å²) in [5, 5.41) is 16.5. The zero-order valence-electron chi connectivity index (χ0n) is 17.1. The first kappa shape index (κ1) is 25.4. The van der Waals surface area contributed by atoms with E-state index in [1.54, 1.807) is 0 Å². The fraction of sp³-hybridized carbons (Fsp3) is 0.500. The number of carboxylic acid groups (broad SMARTS) is 1. The molecule has 0 aliphatic heterocycles. The summed E-state index contributed by atoms with van der Waals surface area (Å²) in [5.41, 5.74) is 6.75. The summed E-state index contributed by atoms with van der Waals surface area (Å²) >= 11 is 4.04. The van der Waals surface area contributed by atoms with Gasteiger partial charge in [-0.3, -0.25) is 14.4 Å². The van der Waals surface area contributed by atoms with Gasteiger partial charge in [-0.25, -0.2) is 4.79 Å². The van der Waals surface area contributed by atoms with E-state index in [-0.39, 0.29) is 24.6 Å². The maximum atomic E-state index is 12.3. The van der Waals surface area contributed by atoms with E-state index in [1.165, 1.54) is 0 Å². The summed E-state index contributed by atoms with van der Waals surface area (Å²) in [6, 6.07) is 6.31. The van der Waals surface area contributed by atoms with Gasteiger partial charge in [0.05, 0.1) is 12.6 Å². The van der Waals surface area contributed by atoms with Gasteiger partial charge in [0.1, 0.15) is 12.1 Å². The predicted molar refractivity (Wildman–Crippen MR) is 116 cm³/mol. The molecule has 0 aliphatic rings.